The minimum atomic E-state index is -0.381. The fourth-order valence-corrected chi connectivity index (χ4v) is 3.55. The molecule has 0 unspecified atom stereocenters. The molecule has 4 rings (SSSR count). The highest BCUT2D eigenvalue weighted by molar-refractivity contribution is 7.19. The predicted molar refractivity (Wildman–Crippen MR) is 95.7 cm³/mol. The van der Waals surface area contributed by atoms with Crippen LogP contribution in [0.5, 0.6) is 0 Å². The van der Waals surface area contributed by atoms with Gasteiger partial charge >= 0.3 is 0 Å². The van der Waals surface area contributed by atoms with Gasteiger partial charge in [-0.3, -0.25) is 10.1 Å². The van der Waals surface area contributed by atoms with Gasteiger partial charge in [0.2, 0.25) is 4.96 Å². The Hall–Kier alpha value is -3.13. The van der Waals surface area contributed by atoms with Crippen LogP contribution < -0.4 is 0 Å². The van der Waals surface area contributed by atoms with Crippen LogP contribution in [-0.2, 0) is 0 Å². The van der Waals surface area contributed by atoms with Gasteiger partial charge in [-0.15, -0.1) is 10.2 Å². The fraction of sp³-hybridized carbons (Fsp3) is 0.118. The second kappa shape index (κ2) is 5.75. The first-order chi connectivity index (χ1) is 12.0. The molecule has 0 saturated heterocycles. The predicted octanol–water partition coefficient (Wildman–Crippen LogP) is 4.04. The number of nitrogens with zero attached hydrogens (tertiary/aromatic N) is 5. The van der Waals surface area contributed by atoms with Crippen LogP contribution in [0, 0.1) is 24.0 Å². The maximum Gasteiger partial charge on any atom is 0.272 e. The summed E-state index contributed by atoms with van der Waals surface area (Å²) in [6, 6.07) is 12.9. The van der Waals surface area contributed by atoms with Gasteiger partial charge in [0.05, 0.1) is 4.92 Å². The Bertz CT molecular complexity index is 1120. The van der Waals surface area contributed by atoms with Crippen molar-refractivity contribution in [3.05, 3.63) is 63.7 Å². The van der Waals surface area contributed by atoms with Crippen molar-refractivity contribution in [3.8, 4) is 22.0 Å². The van der Waals surface area contributed by atoms with Crippen molar-refractivity contribution in [2.45, 2.75) is 13.8 Å². The first-order valence-corrected chi connectivity index (χ1v) is 8.40. The zero-order valence-corrected chi connectivity index (χ0v) is 14.3. The van der Waals surface area contributed by atoms with Crippen LogP contribution in [0.25, 0.3) is 26.9 Å². The largest absolute Gasteiger partial charge is 0.272 e. The number of hydrogen-bond donors (Lipinski definition) is 0. The highest BCUT2D eigenvalue weighted by Gasteiger charge is 2.17. The smallest absolute Gasteiger partial charge is 0.258 e. The number of rotatable bonds is 3. The topological polar surface area (TPSA) is 86.2 Å². The van der Waals surface area contributed by atoms with Crippen molar-refractivity contribution in [2.24, 2.45) is 0 Å². The molecule has 0 fully saturated rings. The molecule has 0 aliphatic heterocycles. The molecule has 2 aromatic carbocycles. The summed E-state index contributed by atoms with van der Waals surface area (Å²) in [5.41, 5.74) is 3.61. The summed E-state index contributed by atoms with van der Waals surface area (Å²) in [5.74, 6) is 0.689. The number of benzene rings is 2. The Kier molecular flexibility index (Phi) is 3.54. The molecule has 0 aliphatic rings. The summed E-state index contributed by atoms with van der Waals surface area (Å²) < 4.78 is 1.72. The lowest BCUT2D eigenvalue weighted by Crippen LogP contribution is -1.94. The quantitative estimate of drug-likeness (QED) is 0.410. The van der Waals surface area contributed by atoms with E-state index in [0.717, 1.165) is 21.7 Å². The zero-order valence-electron chi connectivity index (χ0n) is 13.5. The lowest BCUT2D eigenvalue weighted by atomic mass is 10.1. The van der Waals surface area contributed by atoms with Gasteiger partial charge in [-0.2, -0.15) is 9.61 Å². The van der Waals surface area contributed by atoms with E-state index in [4.69, 9.17) is 0 Å². The van der Waals surface area contributed by atoms with E-state index in [1.54, 1.807) is 23.6 Å². The van der Waals surface area contributed by atoms with Crippen LogP contribution in [0.3, 0.4) is 0 Å². The van der Waals surface area contributed by atoms with Crippen molar-refractivity contribution < 1.29 is 4.92 Å². The SMILES string of the molecule is Cc1ccccc1-c1nnc2sc(-c3ccc([N+](=O)[O-])c(C)c3)nn12. The molecule has 4 aromatic rings. The van der Waals surface area contributed by atoms with Gasteiger partial charge in [-0.25, -0.2) is 0 Å². The third kappa shape index (κ3) is 2.56. The summed E-state index contributed by atoms with van der Waals surface area (Å²) in [4.78, 5) is 11.3. The number of nitro groups is 1. The Labute approximate surface area is 146 Å². The van der Waals surface area contributed by atoms with Crippen LogP contribution in [0.15, 0.2) is 42.5 Å². The van der Waals surface area contributed by atoms with E-state index in [0.29, 0.717) is 16.3 Å². The maximum atomic E-state index is 11.0. The van der Waals surface area contributed by atoms with E-state index in [-0.39, 0.29) is 10.6 Å². The molecular weight excluding hydrogens is 338 g/mol. The monoisotopic (exact) mass is 351 g/mol. The summed E-state index contributed by atoms with van der Waals surface area (Å²) in [5, 5.41) is 24.8. The Morgan fingerprint density at radius 3 is 2.60 bits per heavy atom. The molecule has 124 valence electrons. The van der Waals surface area contributed by atoms with Crippen molar-refractivity contribution in [3.63, 3.8) is 0 Å². The number of hydrogen-bond acceptors (Lipinski definition) is 6. The van der Waals surface area contributed by atoms with Crippen LogP contribution in [0.1, 0.15) is 11.1 Å². The van der Waals surface area contributed by atoms with E-state index in [9.17, 15) is 10.1 Å². The van der Waals surface area contributed by atoms with E-state index >= 15 is 0 Å². The molecule has 25 heavy (non-hydrogen) atoms. The highest BCUT2D eigenvalue weighted by atomic mass is 32.1. The molecule has 0 N–H and O–H groups in total. The third-order valence-electron chi connectivity index (χ3n) is 4.02. The lowest BCUT2D eigenvalue weighted by Gasteiger charge is -2.01. The summed E-state index contributed by atoms with van der Waals surface area (Å²) >= 11 is 1.40. The number of aryl methyl sites for hydroxylation is 2. The van der Waals surface area contributed by atoms with Crippen molar-refractivity contribution in [1.29, 1.82) is 0 Å². The molecule has 2 heterocycles. The number of aromatic nitrogens is 4. The Morgan fingerprint density at radius 1 is 1.08 bits per heavy atom. The molecule has 0 radical (unpaired) electrons. The molecule has 8 heteroatoms. The molecule has 0 spiro atoms. The molecule has 0 saturated carbocycles. The van der Waals surface area contributed by atoms with Gasteiger partial charge in [-0.1, -0.05) is 35.6 Å². The van der Waals surface area contributed by atoms with E-state index in [1.807, 2.05) is 31.2 Å². The first kappa shape index (κ1) is 15.4. The van der Waals surface area contributed by atoms with Gasteiger partial charge in [0.15, 0.2) is 5.82 Å². The lowest BCUT2D eigenvalue weighted by molar-refractivity contribution is -0.385. The minimum Gasteiger partial charge on any atom is -0.258 e. The molecule has 0 bridgehead atoms. The summed E-state index contributed by atoms with van der Waals surface area (Å²) in [6.45, 7) is 3.74. The second-order valence-electron chi connectivity index (χ2n) is 5.70. The van der Waals surface area contributed by atoms with Gasteiger partial charge in [0.1, 0.15) is 5.01 Å². The van der Waals surface area contributed by atoms with Gasteiger partial charge in [0, 0.05) is 22.8 Å². The second-order valence-corrected chi connectivity index (χ2v) is 6.65. The Morgan fingerprint density at radius 2 is 1.88 bits per heavy atom. The highest BCUT2D eigenvalue weighted by Crippen LogP contribution is 2.31. The van der Waals surface area contributed by atoms with Crippen molar-refractivity contribution in [1.82, 2.24) is 19.8 Å². The number of nitro benzene ring substituents is 1. The van der Waals surface area contributed by atoms with E-state index in [2.05, 4.69) is 15.3 Å². The molecule has 0 amide bonds. The van der Waals surface area contributed by atoms with Gasteiger partial charge in [-0.05, 0) is 31.5 Å². The van der Waals surface area contributed by atoms with E-state index in [1.165, 1.54) is 17.4 Å². The maximum absolute atomic E-state index is 11.0. The van der Waals surface area contributed by atoms with Gasteiger partial charge in [0.25, 0.3) is 5.69 Å². The zero-order chi connectivity index (χ0) is 17.6. The molecule has 7 nitrogen and oxygen atoms in total. The minimum absolute atomic E-state index is 0.104. The van der Waals surface area contributed by atoms with Gasteiger partial charge < -0.3 is 0 Å². The molecule has 0 aliphatic carbocycles. The van der Waals surface area contributed by atoms with Crippen molar-refractivity contribution >= 4 is 22.0 Å². The number of fused-ring (bicyclic) bond motifs is 1. The molecule has 2 aromatic heterocycles. The first-order valence-electron chi connectivity index (χ1n) is 7.58. The van der Waals surface area contributed by atoms with Crippen LogP contribution >= 0.6 is 11.3 Å². The average Bonchev–Trinajstić information content (AvgIpc) is 3.15. The standard InChI is InChI=1S/C17H13N5O2S/c1-10-5-3-4-6-13(10)15-18-19-17-21(15)20-16(25-17)12-7-8-14(22(23)24)11(2)9-12/h3-9H,1-2H3. The van der Waals surface area contributed by atoms with Crippen LogP contribution in [0.4, 0.5) is 5.69 Å². The average molecular weight is 351 g/mol. The summed E-state index contributed by atoms with van der Waals surface area (Å²) in [6.07, 6.45) is 0. The van der Waals surface area contributed by atoms with E-state index < -0.39 is 0 Å². The van der Waals surface area contributed by atoms with Crippen LogP contribution in [0.2, 0.25) is 0 Å². The third-order valence-corrected chi connectivity index (χ3v) is 4.97. The Balaban J connectivity index is 1.82. The summed E-state index contributed by atoms with van der Waals surface area (Å²) in [7, 11) is 0. The molecular formula is C17H13N5O2S. The molecule has 0 atom stereocenters. The van der Waals surface area contributed by atoms with Crippen molar-refractivity contribution in [2.75, 3.05) is 0 Å². The fourth-order valence-electron chi connectivity index (χ4n) is 2.72. The van der Waals surface area contributed by atoms with Crippen LogP contribution in [-0.4, -0.2) is 24.7 Å². The normalized spacial score (nSPS) is 11.1.